The summed E-state index contributed by atoms with van der Waals surface area (Å²) in [5.74, 6) is 3.58. The maximum atomic E-state index is 5.98. The molecule has 2 aromatic rings. The first kappa shape index (κ1) is 18.2. The van der Waals surface area contributed by atoms with E-state index in [0.717, 1.165) is 47.5 Å². The van der Waals surface area contributed by atoms with Crippen molar-refractivity contribution < 1.29 is 9.47 Å². The number of rotatable bonds is 9. The van der Waals surface area contributed by atoms with Crippen molar-refractivity contribution in [1.29, 1.82) is 0 Å². The Hall–Kier alpha value is -2.55. The summed E-state index contributed by atoms with van der Waals surface area (Å²) in [6.45, 7) is 8.88. The molecule has 3 nitrogen and oxygen atoms in total. The molecule has 0 heterocycles. The van der Waals surface area contributed by atoms with Gasteiger partial charge in [-0.1, -0.05) is 26.5 Å². The fourth-order valence-corrected chi connectivity index (χ4v) is 2.73. The Labute approximate surface area is 156 Å². The Bertz CT molecular complexity index is 760. The fraction of sp³-hybridized carbons (Fsp3) is 0.348. The van der Waals surface area contributed by atoms with Crippen molar-refractivity contribution in [2.75, 3.05) is 6.61 Å². The van der Waals surface area contributed by atoms with Gasteiger partial charge < -0.3 is 9.47 Å². The minimum atomic E-state index is 0.389. The second kappa shape index (κ2) is 8.70. The van der Waals surface area contributed by atoms with Gasteiger partial charge in [-0.15, -0.1) is 0 Å². The highest BCUT2D eigenvalue weighted by Gasteiger charge is 2.21. The molecule has 136 valence electrons. The minimum Gasteiger partial charge on any atom is -0.493 e. The smallest absolute Gasteiger partial charge is 0.131 e. The molecule has 0 N–H and O–H groups in total. The lowest BCUT2D eigenvalue weighted by Crippen LogP contribution is -2.11. The lowest BCUT2D eigenvalue weighted by molar-refractivity contribution is 0.298. The molecule has 1 atom stereocenters. The summed E-state index contributed by atoms with van der Waals surface area (Å²) in [5, 5.41) is 0. The van der Waals surface area contributed by atoms with E-state index in [1.165, 1.54) is 12.8 Å². The summed E-state index contributed by atoms with van der Waals surface area (Å²) < 4.78 is 11.8. The second-order valence-corrected chi connectivity index (χ2v) is 6.86. The van der Waals surface area contributed by atoms with E-state index < -0.39 is 0 Å². The van der Waals surface area contributed by atoms with Crippen LogP contribution in [-0.2, 0) is 0 Å². The number of aliphatic imine (C=N–C) groups is 1. The van der Waals surface area contributed by atoms with Crippen LogP contribution in [0, 0.1) is 11.8 Å². The largest absolute Gasteiger partial charge is 0.493 e. The molecule has 1 aliphatic carbocycles. The standard InChI is InChI=1S/C23H27NO2/c1-4-17(3)23(24-5-2)19-11-13-20(14-12-19)26-22-8-6-7-21(15-22)25-16-18-9-10-18/h5-8,11-15,17-18H,2,4,9-10,16H2,1,3H3. The van der Waals surface area contributed by atoms with E-state index in [1.807, 2.05) is 36.4 Å². The molecule has 0 aromatic heterocycles. The molecule has 0 radical (unpaired) electrons. The predicted molar refractivity (Wildman–Crippen MR) is 107 cm³/mol. The van der Waals surface area contributed by atoms with Crippen LogP contribution in [0.5, 0.6) is 17.2 Å². The van der Waals surface area contributed by atoms with Crippen LogP contribution >= 0.6 is 0 Å². The Balaban J connectivity index is 1.67. The van der Waals surface area contributed by atoms with Crippen molar-refractivity contribution in [3.63, 3.8) is 0 Å². The van der Waals surface area contributed by atoms with E-state index in [-0.39, 0.29) is 0 Å². The van der Waals surface area contributed by atoms with Gasteiger partial charge in [0.25, 0.3) is 0 Å². The molecule has 0 bridgehead atoms. The molecule has 1 saturated carbocycles. The number of ether oxygens (including phenoxy) is 2. The Kier molecular flexibility index (Phi) is 6.11. The molecular formula is C23H27NO2. The summed E-state index contributed by atoms with van der Waals surface area (Å²) in [6, 6.07) is 15.9. The van der Waals surface area contributed by atoms with Crippen LogP contribution in [0.2, 0.25) is 0 Å². The Morgan fingerprint density at radius 3 is 2.54 bits per heavy atom. The third-order valence-corrected chi connectivity index (χ3v) is 4.68. The van der Waals surface area contributed by atoms with Gasteiger partial charge in [0.1, 0.15) is 17.2 Å². The minimum absolute atomic E-state index is 0.389. The fourth-order valence-electron chi connectivity index (χ4n) is 2.73. The van der Waals surface area contributed by atoms with Crippen LogP contribution in [0.4, 0.5) is 0 Å². The number of benzene rings is 2. The molecular weight excluding hydrogens is 322 g/mol. The van der Waals surface area contributed by atoms with Gasteiger partial charge in [0.2, 0.25) is 0 Å². The van der Waals surface area contributed by atoms with Gasteiger partial charge in [0, 0.05) is 12.3 Å². The summed E-state index contributed by atoms with van der Waals surface area (Å²) >= 11 is 0. The first-order valence-corrected chi connectivity index (χ1v) is 9.39. The number of nitrogens with zero attached hydrogens (tertiary/aromatic N) is 1. The summed E-state index contributed by atoms with van der Waals surface area (Å²) in [6.07, 6.45) is 5.23. The second-order valence-electron chi connectivity index (χ2n) is 6.86. The van der Waals surface area contributed by atoms with Gasteiger partial charge in [-0.2, -0.15) is 0 Å². The first-order chi connectivity index (χ1) is 12.7. The quantitative estimate of drug-likeness (QED) is 0.501. The highest BCUT2D eigenvalue weighted by Crippen LogP contribution is 2.31. The zero-order valence-electron chi connectivity index (χ0n) is 15.7. The van der Waals surface area contributed by atoms with Crippen LogP contribution in [0.1, 0.15) is 38.7 Å². The lowest BCUT2D eigenvalue weighted by Gasteiger charge is -2.13. The predicted octanol–water partition coefficient (Wildman–Crippen LogP) is 6.25. The van der Waals surface area contributed by atoms with Crippen molar-refractivity contribution in [3.05, 3.63) is 66.9 Å². The van der Waals surface area contributed by atoms with Gasteiger partial charge in [-0.25, -0.2) is 0 Å². The van der Waals surface area contributed by atoms with Crippen LogP contribution in [0.25, 0.3) is 0 Å². The molecule has 3 heteroatoms. The third-order valence-electron chi connectivity index (χ3n) is 4.68. The van der Waals surface area contributed by atoms with Crippen molar-refractivity contribution in [2.24, 2.45) is 16.8 Å². The molecule has 1 unspecified atom stereocenters. The first-order valence-electron chi connectivity index (χ1n) is 9.39. The molecule has 2 aromatic carbocycles. The number of hydrogen-bond donors (Lipinski definition) is 0. The molecule has 0 saturated heterocycles. The molecule has 0 spiro atoms. The van der Waals surface area contributed by atoms with Crippen LogP contribution in [-0.4, -0.2) is 12.3 Å². The van der Waals surface area contributed by atoms with E-state index >= 15 is 0 Å². The van der Waals surface area contributed by atoms with E-state index in [9.17, 15) is 0 Å². The zero-order valence-corrected chi connectivity index (χ0v) is 15.7. The monoisotopic (exact) mass is 349 g/mol. The highest BCUT2D eigenvalue weighted by molar-refractivity contribution is 6.02. The normalized spacial score (nSPS) is 15.4. The maximum absolute atomic E-state index is 5.98. The van der Waals surface area contributed by atoms with Crippen molar-refractivity contribution >= 4 is 5.71 Å². The molecule has 3 rings (SSSR count). The zero-order chi connectivity index (χ0) is 18.4. The van der Waals surface area contributed by atoms with Crippen molar-refractivity contribution in [2.45, 2.75) is 33.1 Å². The van der Waals surface area contributed by atoms with Crippen LogP contribution in [0.15, 0.2) is 66.3 Å². The van der Waals surface area contributed by atoms with Crippen molar-refractivity contribution in [1.82, 2.24) is 0 Å². The molecule has 0 aliphatic heterocycles. The average Bonchev–Trinajstić information content (AvgIpc) is 3.49. The van der Waals surface area contributed by atoms with E-state index in [1.54, 1.807) is 6.20 Å². The van der Waals surface area contributed by atoms with Crippen LogP contribution < -0.4 is 9.47 Å². The molecule has 1 fully saturated rings. The van der Waals surface area contributed by atoms with Crippen LogP contribution in [0.3, 0.4) is 0 Å². The van der Waals surface area contributed by atoms with Gasteiger partial charge in [0.05, 0.1) is 12.3 Å². The Morgan fingerprint density at radius 2 is 1.88 bits per heavy atom. The SMILES string of the molecule is C=CN=C(c1ccc(Oc2cccc(OCC3CC3)c2)cc1)C(C)CC. The molecule has 1 aliphatic rings. The summed E-state index contributed by atoms with van der Waals surface area (Å²) in [7, 11) is 0. The number of hydrogen-bond acceptors (Lipinski definition) is 3. The van der Waals surface area contributed by atoms with Gasteiger partial charge in [0.15, 0.2) is 0 Å². The summed E-state index contributed by atoms with van der Waals surface area (Å²) in [4.78, 5) is 4.45. The maximum Gasteiger partial charge on any atom is 0.131 e. The molecule has 26 heavy (non-hydrogen) atoms. The Morgan fingerprint density at radius 1 is 1.15 bits per heavy atom. The third kappa shape index (κ3) is 4.98. The highest BCUT2D eigenvalue weighted by atomic mass is 16.5. The van der Waals surface area contributed by atoms with Gasteiger partial charge in [-0.05, 0) is 73.1 Å². The van der Waals surface area contributed by atoms with Gasteiger partial charge >= 0.3 is 0 Å². The lowest BCUT2D eigenvalue weighted by atomic mass is 9.96. The van der Waals surface area contributed by atoms with E-state index in [4.69, 9.17) is 9.47 Å². The van der Waals surface area contributed by atoms with E-state index in [0.29, 0.717) is 5.92 Å². The van der Waals surface area contributed by atoms with Gasteiger partial charge in [-0.3, -0.25) is 4.99 Å². The topological polar surface area (TPSA) is 30.8 Å². The van der Waals surface area contributed by atoms with Crippen molar-refractivity contribution in [3.8, 4) is 17.2 Å². The van der Waals surface area contributed by atoms with E-state index in [2.05, 4.69) is 37.6 Å². The average molecular weight is 349 g/mol. The molecule has 0 amide bonds. The summed E-state index contributed by atoms with van der Waals surface area (Å²) in [5.41, 5.74) is 2.16.